The maximum atomic E-state index is 11.9. The van der Waals surface area contributed by atoms with Crippen molar-refractivity contribution < 1.29 is 9.53 Å². The van der Waals surface area contributed by atoms with Gasteiger partial charge in [0.15, 0.2) is 0 Å². The van der Waals surface area contributed by atoms with E-state index in [2.05, 4.69) is 5.10 Å². The molecule has 0 unspecified atom stereocenters. The van der Waals surface area contributed by atoms with E-state index >= 15 is 0 Å². The zero-order valence-corrected chi connectivity index (χ0v) is 14.0. The number of nitrogens with zero attached hydrogens (tertiary/aromatic N) is 2. The lowest BCUT2D eigenvalue weighted by molar-refractivity contribution is -0.142. The van der Waals surface area contributed by atoms with Crippen LogP contribution in [0.15, 0.2) is 60.8 Å². The maximum Gasteiger partial charge on any atom is 0.310 e. The van der Waals surface area contributed by atoms with Gasteiger partial charge in [0.05, 0.1) is 30.6 Å². The van der Waals surface area contributed by atoms with Gasteiger partial charge < -0.3 is 4.74 Å². The first kappa shape index (κ1) is 16.3. The van der Waals surface area contributed by atoms with E-state index in [1.165, 1.54) is 0 Å². The van der Waals surface area contributed by atoms with Crippen LogP contribution in [-0.4, -0.2) is 22.4 Å². The topological polar surface area (TPSA) is 44.1 Å². The lowest BCUT2D eigenvalue weighted by atomic mass is 10.1. The third-order valence-electron chi connectivity index (χ3n) is 3.60. The summed E-state index contributed by atoms with van der Waals surface area (Å²) in [6.07, 6.45) is 1.90. The smallest absolute Gasteiger partial charge is 0.310 e. The summed E-state index contributed by atoms with van der Waals surface area (Å²) in [5, 5.41) is 5.14. The Morgan fingerprint density at radius 3 is 2.50 bits per heavy atom. The van der Waals surface area contributed by atoms with Crippen molar-refractivity contribution in [3.63, 3.8) is 0 Å². The summed E-state index contributed by atoms with van der Waals surface area (Å²) in [6, 6.07) is 17.3. The summed E-state index contributed by atoms with van der Waals surface area (Å²) in [7, 11) is 0. The molecule has 0 fully saturated rings. The second kappa shape index (κ2) is 7.32. The van der Waals surface area contributed by atoms with Gasteiger partial charge in [-0.2, -0.15) is 5.10 Å². The third-order valence-corrected chi connectivity index (χ3v) is 3.86. The molecule has 4 nitrogen and oxygen atoms in total. The van der Waals surface area contributed by atoms with Gasteiger partial charge in [-0.05, 0) is 31.2 Å². The average Bonchev–Trinajstić information content (AvgIpc) is 3.00. The van der Waals surface area contributed by atoms with Gasteiger partial charge in [0.25, 0.3) is 0 Å². The number of hydrogen-bond donors (Lipinski definition) is 0. The highest BCUT2D eigenvalue weighted by atomic mass is 35.5. The van der Waals surface area contributed by atoms with Gasteiger partial charge in [-0.15, -0.1) is 0 Å². The number of carbonyl (C=O) groups excluding carboxylic acids is 1. The molecule has 0 aliphatic carbocycles. The van der Waals surface area contributed by atoms with Crippen LogP contribution in [0.5, 0.6) is 0 Å². The van der Waals surface area contributed by atoms with Crippen LogP contribution in [0.25, 0.3) is 16.9 Å². The van der Waals surface area contributed by atoms with Gasteiger partial charge in [0.1, 0.15) is 0 Å². The van der Waals surface area contributed by atoms with E-state index in [0.717, 1.165) is 22.5 Å². The lowest BCUT2D eigenvalue weighted by Gasteiger charge is -2.10. The Labute approximate surface area is 145 Å². The van der Waals surface area contributed by atoms with Crippen LogP contribution in [-0.2, 0) is 16.0 Å². The first-order valence-corrected chi connectivity index (χ1v) is 8.10. The highest BCUT2D eigenvalue weighted by Crippen LogP contribution is 2.28. The number of para-hydroxylation sites is 1. The second-order valence-corrected chi connectivity index (χ2v) is 5.69. The Morgan fingerprint density at radius 2 is 1.83 bits per heavy atom. The van der Waals surface area contributed by atoms with Crippen LogP contribution in [0.3, 0.4) is 0 Å². The molecular weight excluding hydrogens is 324 g/mol. The third kappa shape index (κ3) is 3.49. The number of hydrogen-bond acceptors (Lipinski definition) is 3. The molecule has 0 atom stereocenters. The predicted molar refractivity (Wildman–Crippen MR) is 94.3 cm³/mol. The SMILES string of the molecule is CCOC(=O)Cc1cnn(-c2ccccc2)c1-c1ccc(Cl)cc1. The molecule has 0 spiro atoms. The number of aromatic nitrogens is 2. The van der Waals surface area contributed by atoms with Crippen molar-refractivity contribution in [3.8, 4) is 16.9 Å². The van der Waals surface area contributed by atoms with Crippen molar-refractivity contribution in [1.82, 2.24) is 9.78 Å². The van der Waals surface area contributed by atoms with Crippen molar-refractivity contribution in [2.24, 2.45) is 0 Å². The number of rotatable bonds is 5. The summed E-state index contributed by atoms with van der Waals surface area (Å²) < 4.78 is 6.90. The monoisotopic (exact) mass is 340 g/mol. The Morgan fingerprint density at radius 1 is 1.12 bits per heavy atom. The molecule has 0 amide bonds. The van der Waals surface area contributed by atoms with Gasteiger partial charge in [-0.1, -0.05) is 41.9 Å². The zero-order chi connectivity index (χ0) is 16.9. The molecule has 0 saturated carbocycles. The summed E-state index contributed by atoms with van der Waals surface area (Å²) in [4.78, 5) is 11.9. The van der Waals surface area contributed by atoms with Gasteiger partial charge in [-0.3, -0.25) is 4.79 Å². The molecule has 0 saturated heterocycles. The van der Waals surface area contributed by atoms with E-state index in [4.69, 9.17) is 16.3 Å². The van der Waals surface area contributed by atoms with Crippen LogP contribution in [0, 0.1) is 0 Å². The molecule has 122 valence electrons. The van der Waals surface area contributed by atoms with Crippen molar-refractivity contribution in [1.29, 1.82) is 0 Å². The minimum Gasteiger partial charge on any atom is -0.466 e. The highest BCUT2D eigenvalue weighted by Gasteiger charge is 2.17. The van der Waals surface area contributed by atoms with Crippen molar-refractivity contribution in [3.05, 3.63) is 71.4 Å². The van der Waals surface area contributed by atoms with E-state index in [9.17, 15) is 4.79 Å². The largest absolute Gasteiger partial charge is 0.466 e. The second-order valence-electron chi connectivity index (χ2n) is 5.25. The Bertz CT molecular complexity index is 826. The number of ether oxygens (including phenoxy) is 1. The quantitative estimate of drug-likeness (QED) is 0.650. The van der Waals surface area contributed by atoms with Crippen LogP contribution in [0.4, 0.5) is 0 Å². The highest BCUT2D eigenvalue weighted by molar-refractivity contribution is 6.30. The molecular formula is C19H17ClN2O2. The van der Waals surface area contributed by atoms with E-state index in [1.54, 1.807) is 13.1 Å². The van der Waals surface area contributed by atoms with Crippen molar-refractivity contribution in [2.75, 3.05) is 6.61 Å². The standard InChI is InChI=1S/C19H17ClN2O2/c1-2-24-18(23)12-15-13-21-22(17-6-4-3-5-7-17)19(15)14-8-10-16(20)11-9-14/h3-11,13H,2,12H2,1H3. The summed E-state index contributed by atoms with van der Waals surface area (Å²) >= 11 is 6.00. The number of carbonyl (C=O) groups is 1. The molecule has 1 heterocycles. The molecule has 0 N–H and O–H groups in total. The summed E-state index contributed by atoms with van der Waals surface area (Å²) in [5.41, 5.74) is 3.56. The normalized spacial score (nSPS) is 10.6. The van der Waals surface area contributed by atoms with Crippen molar-refractivity contribution in [2.45, 2.75) is 13.3 Å². The number of halogens is 1. The van der Waals surface area contributed by atoms with E-state index < -0.39 is 0 Å². The molecule has 0 bridgehead atoms. The van der Waals surface area contributed by atoms with Crippen LogP contribution in [0.2, 0.25) is 5.02 Å². The fourth-order valence-corrected chi connectivity index (χ4v) is 2.69. The van der Waals surface area contributed by atoms with Crippen LogP contribution >= 0.6 is 11.6 Å². The number of esters is 1. The minimum absolute atomic E-state index is 0.179. The fraction of sp³-hybridized carbons (Fsp3) is 0.158. The molecule has 3 aromatic rings. The van der Waals surface area contributed by atoms with Gasteiger partial charge in [-0.25, -0.2) is 4.68 Å². The Hall–Kier alpha value is -2.59. The van der Waals surface area contributed by atoms with Gasteiger partial charge >= 0.3 is 5.97 Å². The lowest BCUT2D eigenvalue weighted by Crippen LogP contribution is -2.08. The van der Waals surface area contributed by atoms with Gasteiger partial charge in [0.2, 0.25) is 0 Å². The molecule has 2 aromatic carbocycles. The Kier molecular flexibility index (Phi) is 4.96. The molecule has 5 heteroatoms. The molecule has 1 aromatic heterocycles. The Balaban J connectivity index is 2.08. The van der Waals surface area contributed by atoms with Crippen LogP contribution in [0.1, 0.15) is 12.5 Å². The molecule has 3 rings (SSSR count). The molecule has 0 aliphatic rings. The van der Waals surface area contributed by atoms with Gasteiger partial charge in [0, 0.05) is 16.1 Å². The first-order valence-electron chi connectivity index (χ1n) is 7.73. The van der Waals surface area contributed by atoms with Crippen LogP contribution < -0.4 is 0 Å². The molecule has 0 aliphatic heterocycles. The number of benzene rings is 2. The maximum absolute atomic E-state index is 11.9. The minimum atomic E-state index is -0.264. The predicted octanol–water partition coefficient (Wildman–Crippen LogP) is 4.30. The summed E-state index contributed by atoms with van der Waals surface area (Å²) in [5.74, 6) is -0.264. The molecule has 24 heavy (non-hydrogen) atoms. The fourth-order valence-electron chi connectivity index (χ4n) is 2.56. The zero-order valence-electron chi connectivity index (χ0n) is 13.3. The van der Waals surface area contributed by atoms with E-state index in [0.29, 0.717) is 11.6 Å². The van der Waals surface area contributed by atoms with Crippen molar-refractivity contribution >= 4 is 17.6 Å². The summed E-state index contributed by atoms with van der Waals surface area (Å²) in [6.45, 7) is 2.16. The van der Waals surface area contributed by atoms with E-state index in [1.807, 2.05) is 59.3 Å². The average molecular weight is 341 g/mol. The first-order chi connectivity index (χ1) is 11.7. The molecule has 0 radical (unpaired) electrons. The van der Waals surface area contributed by atoms with E-state index in [-0.39, 0.29) is 12.4 Å².